The van der Waals surface area contributed by atoms with Gasteiger partial charge in [-0.2, -0.15) is 0 Å². The van der Waals surface area contributed by atoms with Gasteiger partial charge in [0.15, 0.2) is 0 Å². The molecule has 0 radical (unpaired) electrons. The van der Waals surface area contributed by atoms with Gasteiger partial charge in [-0.15, -0.1) is 0 Å². The van der Waals surface area contributed by atoms with Crippen molar-refractivity contribution in [1.29, 1.82) is 0 Å². The summed E-state index contributed by atoms with van der Waals surface area (Å²) in [7, 11) is 1.36. The molecule has 21 heavy (non-hydrogen) atoms. The molecule has 114 valence electrons. The quantitative estimate of drug-likeness (QED) is 0.821. The van der Waals surface area contributed by atoms with Crippen LogP contribution in [-0.4, -0.2) is 43.5 Å². The van der Waals surface area contributed by atoms with Crippen LogP contribution >= 0.6 is 15.9 Å². The molecule has 0 bridgehead atoms. The van der Waals surface area contributed by atoms with Crippen LogP contribution in [0.3, 0.4) is 0 Å². The van der Waals surface area contributed by atoms with Crippen molar-refractivity contribution < 1.29 is 14.3 Å². The van der Waals surface area contributed by atoms with Crippen LogP contribution in [0.25, 0.3) is 0 Å². The zero-order valence-corrected chi connectivity index (χ0v) is 13.6. The minimum Gasteiger partial charge on any atom is -0.465 e. The molecule has 1 fully saturated rings. The van der Waals surface area contributed by atoms with Crippen LogP contribution in [0.2, 0.25) is 0 Å². The highest BCUT2D eigenvalue weighted by Crippen LogP contribution is 2.19. The largest absolute Gasteiger partial charge is 0.465 e. The van der Waals surface area contributed by atoms with E-state index < -0.39 is 0 Å². The van der Waals surface area contributed by atoms with E-state index in [4.69, 9.17) is 0 Å². The summed E-state index contributed by atoms with van der Waals surface area (Å²) in [5.74, 6) is -0.214. The number of hydrogen-bond donors (Lipinski definition) is 1. The van der Waals surface area contributed by atoms with Crippen molar-refractivity contribution in [3.63, 3.8) is 0 Å². The van der Waals surface area contributed by atoms with Crippen LogP contribution in [0, 0.1) is 0 Å². The topological polar surface area (TPSA) is 58.6 Å². The normalized spacial score (nSPS) is 14.3. The van der Waals surface area contributed by atoms with E-state index in [1.807, 2.05) is 11.0 Å². The Hall–Kier alpha value is -1.40. The molecular weight excluding hydrogens is 336 g/mol. The van der Waals surface area contributed by atoms with Crippen LogP contribution in [0.1, 0.15) is 28.8 Å². The van der Waals surface area contributed by atoms with Crippen molar-refractivity contribution in [2.45, 2.75) is 19.4 Å². The number of benzene rings is 1. The molecule has 0 atom stereocenters. The highest BCUT2D eigenvalue weighted by atomic mass is 79.9. The molecule has 2 rings (SSSR count). The Morgan fingerprint density at radius 3 is 2.67 bits per heavy atom. The van der Waals surface area contributed by atoms with Gasteiger partial charge in [-0.1, -0.05) is 22.0 Å². The first-order chi connectivity index (χ1) is 10.1. The first-order valence-corrected chi connectivity index (χ1v) is 7.76. The zero-order valence-electron chi connectivity index (χ0n) is 12.0. The number of nitrogens with zero attached hydrogens (tertiary/aromatic N) is 1. The average Bonchev–Trinajstić information content (AvgIpc) is 3.02. The van der Waals surface area contributed by atoms with Gasteiger partial charge in [-0.25, -0.2) is 4.79 Å². The van der Waals surface area contributed by atoms with Crippen molar-refractivity contribution in [3.05, 3.63) is 33.8 Å². The van der Waals surface area contributed by atoms with Gasteiger partial charge < -0.3 is 15.0 Å². The van der Waals surface area contributed by atoms with Crippen molar-refractivity contribution in [1.82, 2.24) is 10.2 Å². The Bertz CT molecular complexity index is 528. The molecule has 0 aliphatic carbocycles. The molecule has 1 amide bonds. The van der Waals surface area contributed by atoms with E-state index in [-0.39, 0.29) is 11.9 Å². The molecule has 6 heteroatoms. The molecule has 5 nitrogen and oxygen atoms in total. The number of ether oxygens (including phenoxy) is 1. The van der Waals surface area contributed by atoms with Gasteiger partial charge in [0.2, 0.25) is 5.91 Å². The van der Waals surface area contributed by atoms with Crippen LogP contribution < -0.4 is 5.32 Å². The Kier molecular flexibility index (Phi) is 5.76. The van der Waals surface area contributed by atoms with Gasteiger partial charge in [0.25, 0.3) is 0 Å². The van der Waals surface area contributed by atoms with E-state index >= 15 is 0 Å². The highest BCUT2D eigenvalue weighted by Gasteiger charge is 2.17. The van der Waals surface area contributed by atoms with E-state index in [9.17, 15) is 9.59 Å². The van der Waals surface area contributed by atoms with Crippen LogP contribution in [-0.2, 0) is 16.1 Å². The third kappa shape index (κ3) is 4.28. The lowest BCUT2D eigenvalue weighted by Crippen LogP contribution is -2.36. The smallest absolute Gasteiger partial charge is 0.337 e. The van der Waals surface area contributed by atoms with E-state index in [1.54, 1.807) is 12.1 Å². The lowest BCUT2D eigenvalue weighted by Gasteiger charge is -2.15. The molecule has 1 aromatic carbocycles. The maximum Gasteiger partial charge on any atom is 0.337 e. The molecule has 1 heterocycles. The minimum atomic E-state index is -0.362. The predicted octanol–water partition coefficient (Wildman–Crippen LogP) is 1.95. The van der Waals surface area contributed by atoms with Gasteiger partial charge in [0, 0.05) is 24.1 Å². The fraction of sp³-hybridized carbons (Fsp3) is 0.467. The fourth-order valence-electron chi connectivity index (χ4n) is 2.32. The second-order valence-corrected chi connectivity index (χ2v) is 5.84. The standard InChI is InChI=1S/C15H19BrN2O3/c1-21-15(20)11-4-5-12(13(16)8-11)9-17-10-14(19)18-6-2-3-7-18/h4-5,8,17H,2-3,6-7,9-10H2,1H3. The van der Waals surface area contributed by atoms with Crippen LogP contribution in [0.4, 0.5) is 0 Å². The molecular formula is C15H19BrN2O3. The minimum absolute atomic E-state index is 0.148. The zero-order chi connectivity index (χ0) is 15.2. The van der Waals surface area contributed by atoms with Crippen molar-refractivity contribution in [2.75, 3.05) is 26.7 Å². The molecule has 0 spiro atoms. The summed E-state index contributed by atoms with van der Waals surface area (Å²) in [5.41, 5.74) is 1.50. The number of rotatable bonds is 5. The Balaban J connectivity index is 1.85. The van der Waals surface area contributed by atoms with E-state index in [2.05, 4.69) is 26.0 Å². The number of likely N-dealkylation sites (tertiary alicyclic amines) is 1. The molecule has 1 aromatic rings. The van der Waals surface area contributed by atoms with Gasteiger partial charge in [-0.3, -0.25) is 4.79 Å². The molecule has 1 aliphatic heterocycles. The molecule has 0 aromatic heterocycles. The maximum atomic E-state index is 11.9. The number of nitrogens with one attached hydrogen (secondary N) is 1. The van der Waals surface area contributed by atoms with Crippen molar-refractivity contribution in [3.8, 4) is 0 Å². The SMILES string of the molecule is COC(=O)c1ccc(CNCC(=O)N2CCCC2)c(Br)c1. The Morgan fingerprint density at radius 1 is 1.33 bits per heavy atom. The number of halogens is 1. The fourth-order valence-corrected chi connectivity index (χ4v) is 2.84. The average molecular weight is 355 g/mol. The van der Waals surface area contributed by atoms with Crippen LogP contribution in [0.5, 0.6) is 0 Å². The molecule has 1 aliphatic rings. The molecule has 0 unspecified atom stereocenters. The molecule has 0 saturated carbocycles. The third-order valence-electron chi connectivity index (χ3n) is 3.52. The number of hydrogen-bond acceptors (Lipinski definition) is 4. The van der Waals surface area contributed by atoms with Gasteiger partial charge >= 0.3 is 5.97 Å². The Labute approximate surface area is 132 Å². The summed E-state index contributed by atoms with van der Waals surface area (Å²) < 4.78 is 5.50. The number of carbonyl (C=O) groups excluding carboxylic acids is 2. The first-order valence-electron chi connectivity index (χ1n) is 6.97. The van der Waals surface area contributed by atoms with Gasteiger partial charge in [0.05, 0.1) is 19.2 Å². The second-order valence-electron chi connectivity index (χ2n) is 4.99. The van der Waals surface area contributed by atoms with Gasteiger partial charge in [0.1, 0.15) is 0 Å². The third-order valence-corrected chi connectivity index (χ3v) is 4.26. The van der Waals surface area contributed by atoms with E-state index in [0.717, 1.165) is 36.0 Å². The summed E-state index contributed by atoms with van der Waals surface area (Å²) in [4.78, 5) is 25.2. The summed E-state index contributed by atoms with van der Waals surface area (Å²) in [6, 6.07) is 5.30. The first kappa shape index (κ1) is 16.0. The Morgan fingerprint density at radius 2 is 2.05 bits per heavy atom. The predicted molar refractivity (Wildman–Crippen MR) is 83.0 cm³/mol. The monoisotopic (exact) mass is 354 g/mol. The summed E-state index contributed by atoms with van der Waals surface area (Å²) in [5, 5.41) is 3.14. The maximum absolute atomic E-state index is 11.9. The number of methoxy groups -OCH3 is 1. The number of carbonyl (C=O) groups is 2. The lowest BCUT2D eigenvalue weighted by molar-refractivity contribution is -0.129. The number of amides is 1. The van der Waals surface area contributed by atoms with Crippen molar-refractivity contribution in [2.24, 2.45) is 0 Å². The summed E-state index contributed by atoms with van der Waals surface area (Å²) >= 11 is 3.44. The number of esters is 1. The summed E-state index contributed by atoms with van der Waals surface area (Å²) in [6.07, 6.45) is 2.21. The molecule has 1 N–H and O–H groups in total. The molecule has 1 saturated heterocycles. The van der Waals surface area contributed by atoms with E-state index in [1.165, 1.54) is 7.11 Å². The van der Waals surface area contributed by atoms with Gasteiger partial charge in [-0.05, 0) is 30.5 Å². The second kappa shape index (κ2) is 7.56. The van der Waals surface area contributed by atoms with Crippen molar-refractivity contribution >= 4 is 27.8 Å². The van der Waals surface area contributed by atoms with E-state index in [0.29, 0.717) is 18.7 Å². The summed E-state index contributed by atoms with van der Waals surface area (Å²) in [6.45, 7) is 2.66. The lowest BCUT2D eigenvalue weighted by atomic mass is 10.1. The van der Waals surface area contributed by atoms with Crippen LogP contribution in [0.15, 0.2) is 22.7 Å². The highest BCUT2D eigenvalue weighted by molar-refractivity contribution is 9.10.